The Morgan fingerprint density at radius 2 is 1.96 bits per heavy atom. The number of rotatable bonds is 5. The molecule has 1 aromatic carbocycles. The molecule has 0 saturated heterocycles. The summed E-state index contributed by atoms with van der Waals surface area (Å²) in [5, 5.41) is 0. The molecule has 25 heavy (non-hydrogen) atoms. The van der Waals surface area contributed by atoms with Gasteiger partial charge < -0.3 is 14.4 Å². The van der Waals surface area contributed by atoms with Crippen LogP contribution in [0, 0.1) is 0 Å². The first-order valence-electron chi connectivity index (χ1n) is 9.82. The fraction of sp³-hybridized carbons (Fsp3) is 0.667. The van der Waals surface area contributed by atoms with E-state index >= 15 is 0 Å². The third-order valence-electron chi connectivity index (χ3n) is 5.76. The Labute approximate surface area is 151 Å². The molecule has 1 saturated carbocycles. The molecule has 1 fully saturated rings. The average Bonchev–Trinajstić information content (AvgIpc) is 2.75. The van der Waals surface area contributed by atoms with Gasteiger partial charge in [-0.3, -0.25) is 0 Å². The second-order valence-corrected chi connectivity index (χ2v) is 7.43. The lowest BCUT2D eigenvalue weighted by molar-refractivity contribution is 0.0469. The number of para-hydroxylation sites is 1. The van der Waals surface area contributed by atoms with E-state index in [0.29, 0.717) is 12.5 Å². The summed E-state index contributed by atoms with van der Waals surface area (Å²) in [4.78, 5) is 13.5. The van der Waals surface area contributed by atoms with Crippen molar-refractivity contribution in [3.05, 3.63) is 29.8 Å². The number of fused-ring (bicyclic) bond motifs is 1. The van der Waals surface area contributed by atoms with Crippen LogP contribution in [0.15, 0.2) is 24.3 Å². The zero-order valence-corrected chi connectivity index (χ0v) is 15.6. The van der Waals surface area contributed by atoms with Crippen molar-refractivity contribution in [2.24, 2.45) is 0 Å². The van der Waals surface area contributed by atoms with Gasteiger partial charge >= 0.3 is 6.09 Å². The maximum atomic E-state index is 11.8. The summed E-state index contributed by atoms with van der Waals surface area (Å²) < 4.78 is 11.6. The number of ether oxygens (including phenoxy) is 2. The van der Waals surface area contributed by atoms with Gasteiger partial charge in [0.1, 0.15) is 11.4 Å². The number of carbonyl (C=O) groups is 1. The summed E-state index contributed by atoms with van der Waals surface area (Å²) >= 11 is 0. The third kappa shape index (κ3) is 3.94. The molecule has 0 bridgehead atoms. The fourth-order valence-electron chi connectivity index (χ4n) is 4.49. The summed E-state index contributed by atoms with van der Waals surface area (Å²) in [6, 6.07) is 8.54. The van der Waals surface area contributed by atoms with Gasteiger partial charge in [0.2, 0.25) is 0 Å². The highest BCUT2D eigenvalue weighted by Gasteiger charge is 2.47. The minimum Gasteiger partial charge on any atom is -0.486 e. The van der Waals surface area contributed by atoms with Gasteiger partial charge in [0, 0.05) is 25.1 Å². The molecular weight excluding hydrogens is 314 g/mol. The predicted molar refractivity (Wildman–Crippen MR) is 99.1 cm³/mol. The highest BCUT2D eigenvalue weighted by atomic mass is 16.6. The van der Waals surface area contributed by atoms with Gasteiger partial charge in [0.25, 0.3) is 0 Å². The topological polar surface area (TPSA) is 38.8 Å². The lowest BCUT2D eigenvalue weighted by Crippen LogP contribution is -2.38. The molecule has 3 rings (SSSR count). The van der Waals surface area contributed by atoms with E-state index in [9.17, 15) is 4.79 Å². The first-order valence-corrected chi connectivity index (χ1v) is 9.82. The Kier molecular flexibility index (Phi) is 5.87. The highest BCUT2D eigenvalue weighted by Crippen LogP contribution is 2.52. The van der Waals surface area contributed by atoms with Crippen LogP contribution in [-0.2, 0) is 4.74 Å². The molecule has 0 radical (unpaired) electrons. The summed E-state index contributed by atoms with van der Waals surface area (Å²) in [7, 11) is 1.82. The lowest BCUT2D eigenvalue weighted by Gasteiger charge is -2.34. The monoisotopic (exact) mass is 345 g/mol. The van der Waals surface area contributed by atoms with Gasteiger partial charge in [-0.25, -0.2) is 4.79 Å². The van der Waals surface area contributed by atoms with E-state index < -0.39 is 0 Å². The number of hydrogen-bond acceptors (Lipinski definition) is 3. The molecule has 1 unspecified atom stereocenters. The molecule has 1 spiro atoms. The van der Waals surface area contributed by atoms with E-state index in [2.05, 4.69) is 24.3 Å². The van der Waals surface area contributed by atoms with Gasteiger partial charge in [-0.1, -0.05) is 31.0 Å². The normalized spacial score (nSPS) is 21.3. The van der Waals surface area contributed by atoms with Crippen LogP contribution >= 0.6 is 0 Å². The highest BCUT2D eigenvalue weighted by molar-refractivity contribution is 5.67. The van der Waals surface area contributed by atoms with Gasteiger partial charge in [-0.15, -0.1) is 0 Å². The molecule has 1 amide bonds. The van der Waals surface area contributed by atoms with Crippen molar-refractivity contribution in [3.63, 3.8) is 0 Å². The van der Waals surface area contributed by atoms with Crippen LogP contribution in [-0.4, -0.2) is 36.8 Å². The molecule has 1 atom stereocenters. The van der Waals surface area contributed by atoms with Crippen LogP contribution in [0.4, 0.5) is 4.79 Å². The van der Waals surface area contributed by atoms with E-state index in [1.54, 1.807) is 4.90 Å². The Hall–Kier alpha value is -1.71. The van der Waals surface area contributed by atoms with Crippen LogP contribution < -0.4 is 4.74 Å². The first kappa shape index (κ1) is 18.1. The van der Waals surface area contributed by atoms with Crippen molar-refractivity contribution < 1.29 is 14.3 Å². The number of carbonyl (C=O) groups excluding carboxylic acids is 1. The second-order valence-electron chi connectivity index (χ2n) is 7.43. The zero-order valence-electron chi connectivity index (χ0n) is 15.6. The van der Waals surface area contributed by atoms with Crippen molar-refractivity contribution in [2.45, 2.75) is 69.8 Å². The molecule has 138 valence electrons. The van der Waals surface area contributed by atoms with Crippen molar-refractivity contribution >= 4 is 6.09 Å². The molecule has 0 aromatic heterocycles. The summed E-state index contributed by atoms with van der Waals surface area (Å²) in [6.45, 7) is 3.00. The van der Waals surface area contributed by atoms with Gasteiger partial charge in [0.05, 0.1) is 6.61 Å². The van der Waals surface area contributed by atoms with Crippen molar-refractivity contribution in [3.8, 4) is 5.75 Å². The number of nitrogens with zero attached hydrogens (tertiary/aromatic N) is 1. The van der Waals surface area contributed by atoms with Crippen molar-refractivity contribution in [1.29, 1.82) is 0 Å². The fourth-order valence-corrected chi connectivity index (χ4v) is 4.49. The lowest BCUT2D eigenvalue weighted by atomic mass is 9.76. The Bertz CT molecular complexity index is 578. The molecule has 1 heterocycles. The first-order chi connectivity index (χ1) is 12.2. The standard InChI is InChI=1S/C21H31NO3/c1-3-24-20(23)22(2)16-10-12-18-17-11-6-7-13-19(17)25-21(18)14-8-4-5-9-15-21/h6-7,11,13,18H,3-5,8-10,12,14-16H2,1-2H3. The zero-order chi connectivity index (χ0) is 17.7. The molecular formula is C21H31NO3. The smallest absolute Gasteiger partial charge is 0.409 e. The SMILES string of the molecule is CCOC(=O)N(C)CCCC1c2ccccc2OC12CCCCCC2. The van der Waals surface area contributed by atoms with Gasteiger partial charge in [-0.05, 0) is 51.5 Å². The van der Waals surface area contributed by atoms with E-state index in [-0.39, 0.29) is 11.7 Å². The molecule has 2 aliphatic rings. The Morgan fingerprint density at radius 1 is 1.24 bits per heavy atom. The number of amides is 1. The summed E-state index contributed by atoms with van der Waals surface area (Å²) in [6.07, 6.45) is 9.26. The van der Waals surface area contributed by atoms with Gasteiger partial charge in [-0.2, -0.15) is 0 Å². The minimum absolute atomic E-state index is 0.0251. The minimum atomic E-state index is -0.227. The van der Waals surface area contributed by atoms with E-state index in [4.69, 9.17) is 9.47 Å². The molecule has 4 nitrogen and oxygen atoms in total. The average molecular weight is 345 g/mol. The molecule has 1 aromatic rings. The maximum absolute atomic E-state index is 11.8. The number of benzene rings is 1. The van der Waals surface area contributed by atoms with Crippen LogP contribution in [0.3, 0.4) is 0 Å². The molecule has 1 aliphatic heterocycles. The largest absolute Gasteiger partial charge is 0.486 e. The Balaban J connectivity index is 1.68. The summed E-state index contributed by atoms with van der Waals surface area (Å²) in [5.74, 6) is 1.52. The molecule has 1 aliphatic carbocycles. The Morgan fingerprint density at radius 3 is 2.68 bits per heavy atom. The van der Waals surface area contributed by atoms with E-state index in [0.717, 1.165) is 38.0 Å². The third-order valence-corrected chi connectivity index (χ3v) is 5.76. The maximum Gasteiger partial charge on any atom is 0.409 e. The second kappa shape index (κ2) is 8.11. The summed E-state index contributed by atoms with van der Waals surface area (Å²) in [5.41, 5.74) is 1.34. The van der Waals surface area contributed by atoms with Crippen LogP contribution in [0.2, 0.25) is 0 Å². The van der Waals surface area contributed by atoms with E-state index in [1.807, 2.05) is 14.0 Å². The predicted octanol–water partition coefficient (Wildman–Crippen LogP) is 5.12. The van der Waals surface area contributed by atoms with E-state index in [1.165, 1.54) is 31.2 Å². The quantitative estimate of drug-likeness (QED) is 0.743. The number of hydrogen-bond donors (Lipinski definition) is 0. The van der Waals surface area contributed by atoms with Crippen molar-refractivity contribution in [1.82, 2.24) is 4.90 Å². The molecule has 4 heteroatoms. The van der Waals surface area contributed by atoms with Crippen LogP contribution in [0.25, 0.3) is 0 Å². The van der Waals surface area contributed by atoms with Crippen molar-refractivity contribution in [2.75, 3.05) is 20.2 Å². The van der Waals surface area contributed by atoms with Gasteiger partial charge in [0.15, 0.2) is 0 Å². The molecule has 0 N–H and O–H groups in total. The van der Waals surface area contributed by atoms with Crippen LogP contribution in [0.5, 0.6) is 5.75 Å². The van der Waals surface area contributed by atoms with Crippen LogP contribution in [0.1, 0.15) is 69.8 Å².